The summed E-state index contributed by atoms with van der Waals surface area (Å²) in [6.07, 6.45) is 0. The van der Waals surface area contributed by atoms with Crippen molar-refractivity contribution in [3.05, 3.63) is 78.1 Å². The molecule has 6 heteroatoms. The smallest absolute Gasteiger partial charge is 0.143 e. The summed E-state index contributed by atoms with van der Waals surface area (Å²) >= 11 is 0. The largest absolute Gasteiger partial charge is 0.497 e. The van der Waals surface area contributed by atoms with Gasteiger partial charge in [0.05, 0.1) is 26.0 Å². The molecule has 0 atom stereocenters. The van der Waals surface area contributed by atoms with Crippen LogP contribution in [0.25, 0.3) is 22.3 Å². The lowest BCUT2D eigenvalue weighted by atomic mass is 10.1. The third-order valence-corrected chi connectivity index (χ3v) is 5.63. The lowest BCUT2D eigenvalue weighted by Gasteiger charge is -2.30. The Morgan fingerprint density at radius 1 is 0.938 bits per heavy atom. The van der Waals surface area contributed by atoms with Gasteiger partial charge in [0.25, 0.3) is 0 Å². The Hall–Kier alpha value is -3.51. The monoisotopic (exact) mass is 433 g/mol. The lowest BCUT2D eigenvalue weighted by molar-refractivity contribution is 0.122. The van der Waals surface area contributed by atoms with Crippen LogP contribution >= 0.6 is 0 Å². The molecule has 0 radical (unpaired) electrons. The Balaban J connectivity index is 1.48. The molecule has 1 fully saturated rings. The zero-order valence-electron chi connectivity index (χ0n) is 17.8. The van der Waals surface area contributed by atoms with E-state index in [2.05, 4.69) is 4.90 Å². The van der Waals surface area contributed by atoms with Gasteiger partial charge in [0, 0.05) is 30.1 Å². The number of hydrogen-bond donors (Lipinski definition) is 0. The van der Waals surface area contributed by atoms with Crippen molar-refractivity contribution in [2.75, 3.05) is 38.3 Å². The molecule has 0 amide bonds. The molecule has 32 heavy (non-hydrogen) atoms. The van der Waals surface area contributed by atoms with E-state index in [1.165, 1.54) is 12.1 Å². The number of ether oxygens (including phenoxy) is 3. The van der Waals surface area contributed by atoms with Crippen LogP contribution in [0.4, 0.5) is 10.1 Å². The quantitative estimate of drug-likeness (QED) is 0.392. The van der Waals surface area contributed by atoms with Gasteiger partial charge in [-0.1, -0.05) is 12.1 Å². The predicted octanol–water partition coefficient (Wildman–Crippen LogP) is 5.66. The number of methoxy groups -OCH3 is 1. The van der Waals surface area contributed by atoms with E-state index >= 15 is 0 Å². The van der Waals surface area contributed by atoms with Crippen molar-refractivity contribution in [3.63, 3.8) is 0 Å². The van der Waals surface area contributed by atoms with Crippen molar-refractivity contribution in [2.24, 2.45) is 0 Å². The van der Waals surface area contributed by atoms with Crippen LogP contribution in [0.3, 0.4) is 0 Å². The van der Waals surface area contributed by atoms with Gasteiger partial charge in [0.1, 0.15) is 35.3 Å². The highest BCUT2D eigenvalue weighted by Gasteiger charge is 2.19. The second-order valence-electron chi connectivity index (χ2n) is 7.71. The van der Waals surface area contributed by atoms with E-state index in [0.29, 0.717) is 25.6 Å². The average molecular weight is 433 g/mol. The van der Waals surface area contributed by atoms with E-state index in [9.17, 15) is 4.39 Å². The summed E-state index contributed by atoms with van der Waals surface area (Å²) in [7, 11) is 1.65. The van der Waals surface area contributed by atoms with Crippen LogP contribution in [-0.4, -0.2) is 33.4 Å². The number of nitrogens with zero attached hydrogens (tertiary/aromatic N) is 1. The molecule has 164 valence electrons. The Kier molecular flexibility index (Phi) is 5.69. The fourth-order valence-electron chi connectivity index (χ4n) is 3.86. The molecule has 5 rings (SSSR count). The van der Waals surface area contributed by atoms with Crippen LogP contribution in [0, 0.1) is 5.82 Å². The molecule has 0 bridgehead atoms. The summed E-state index contributed by atoms with van der Waals surface area (Å²) in [6, 6.07) is 20.2. The van der Waals surface area contributed by atoms with Gasteiger partial charge in [-0.3, -0.25) is 0 Å². The number of benzene rings is 3. The molecule has 5 nitrogen and oxygen atoms in total. The minimum Gasteiger partial charge on any atom is -0.497 e. The topological polar surface area (TPSA) is 44.1 Å². The average Bonchev–Trinajstić information content (AvgIpc) is 3.26. The predicted molar refractivity (Wildman–Crippen MR) is 122 cm³/mol. The summed E-state index contributed by atoms with van der Waals surface area (Å²) in [6.45, 7) is 3.37. The highest BCUT2D eigenvalue weighted by molar-refractivity contribution is 5.88. The fourth-order valence-corrected chi connectivity index (χ4v) is 3.86. The number of rotatable bonds is 6. The number of anilines is 1. The Bertz CT molecular complexity index is 1200. The van der Waals surface area contributed by atoms with Crippen molar-refractivity contribution >= 4 is 16.7 Å². The number of hydrogen-bond acceptors (Lipinski definition) is 5. The first-order chi connectivity index (χ1) is 15.7. The van der Waals surface area contributed by atoms with Gasteiger partial charge < -0.3 is 23.5 Å². The molecule has 1 aliphatic heterocycles. The van der Waals surface area contributed by atoms with E-state index in [-0.39, 0.29) is 5.82 Å². The Morgan fingerprint density at radius 3 is 2.41 bits per heavy atom. The van der Waals surface area contributed by atoms with Gasteiger partial charge in [-0.05, 0) is 54.1 Å². The summed E-state index contributed by atoms with van der Waals surface area (Å²) in [5, 5.41) is 0.936. The third kappa shape index (κ3) is 4.27. The van der Waals surface area contributed by atoms with Gasteiger partial charge in [-0.15, -0.1) is 0 Å². The molecule has 0 saturated carbocycles. The number of halogens is 1. The first-order valence-corrected chi connectivity index (χ1v) is 10.6. The second-order valence-corrected chi connectivity index (χ2v) is 7.71. The zero-order valence-corrected chi connectivity index (χ0v) is 17.8. The normalized spacial score (nSPS) is 14.0. The van der Waals surface area contributed by atoms with E-state index in [1.807, 2.05) is 42.5 Å². The minimum absolute atomic E-state index is 0.270. The zero-order chi connectivity index (χ0) is 21.9. The van der Waals surface area contributed by atoms with Crippen molar-refractivity contribution in [3.8, 4) is 22.8 Å². The number of morpholine rings is 1. The van der Waals surface area contributed by atoms with E-state index in [1.54, 1.807) is 19.2 Å². The molecule has 0 aliphatic carbocycles. The Morgan fingerprint density at radius 2 is 1.69 bits per heavy atom. The SMILES string of the molecule is COc1ccc(COc2cc3cc(-c4ccc(F)cc4)oc3cc2N2CCOCC2)cc1. The maximum Gasteiger partial charge on any atom is 0.143 e. The van der Waals surface area contributed by atoms with Crippen LogP contribution in [-0.2, 0) is 11.3 Å². The van der Waals surface area contributed by atoms with Crippen LogP contribution in [0.5, 0.6) is 11.5 Å². The van der Waals surface area contributed by atoms with Gasteiger partial charge in [0.15, 0.2) is 0 Å². The minimum atomic E-state index is -0.270. The van der Waals surface area contributed by atoms with Gasteiger partial charge in [-0.2, -0.15) is 0 Å². The third-order valence-electron chi connectivity index (χ3n) is 5.63. The molecule has 3 aromatic carbocycles. The summed E-state index contributed by atoms with van der Waals surface area (Å²) in [5.74, 6) is 2.03. The maximum absolute atomic E-state index is 13.3. The van der Waals surface area contributed by atoms with Crippen LogP contribution in [0.15, 0.2) is 71.1 Å². The summed E-state index contributed by atoms with van der Waals surface area (Å²) in [5.41, 5.74) is 3.63. The fraction of sp³-hybridized carbons (Fsp3) is 0.231. The van der Waals surface area contributed by atoms with Crippen LogP contribution in [0.1, 0.15) is 5.56 Å². The molecule has 0 N–H and O–H groups in total. The number of fused-ring (bicyclic) bond motifs is 1. The number of furan rings is 1. The van der Waals surface area contributed by atoms with Crippen molar-refractivity contribution in [1.29, 1.82) is 0 Å². The van der Waals surface area contributed by atoms with E-state index < -0.39 is 0 Å². The van der Waals surface area contributed by atoms with E-state index in [0.717, 1.165) is 52.4 Å². The first-order valence-electron chi connectivity index (χ1n) is 10.6. The van der Waals surface area contributed by atoms with Crippen molar-refractivity contribution in [2.45, 2.75) is 6.61 Å². The van der Waals surface area contributed by atoms with Gasteiger partial charge in [0.2, 0.25) is 0 Å². The molecule has 1 aromatic heterocycles. The van der Waals surface area contributed by atoms with Gasteiger partial charge >= 0.3 is 0 Å². The molecule has 0 spiro atoms. The van der Waals surface area contributed by atoms with Gasteiger partial charge in [-0.25, -0.2) is 4.39 Å². The highest BCUT2D eigenvalue weighted by Crippen LogP contribution is 2.38. The van der Waals surface area contributed by atoms with E-state index in [4.69, 9.17) is 18.6 Å². The standard InChI is InChI=1S/C26H24FNO4/c1-29-22-8-2-18(3-9-22)17-31-26-15-20-14-24(19-4-6-21(27)7-5-19)32-25(20)16-23(26)28-10-12-30-13-11-28/h2-9,14-16H,10-13,17H2,1H3. The highest BCUT2D eigenvalue weighted by atomic mass is 19.1. The van der Waals surface area contributed by atoms with Crippen molar-refractivity contribution < 1.29 is 23.0 Å². The molecule has 1 aliphatic rings. The first kappa shape index (κ1) is 20.4. The molecule has 0 unspecified atom stereocenters. The van der Waals surface area contributed by atoms with Crippen molar-refractivity contribution in [1.82, 2.24) is 0 Å². The molecule has 4 aromatic rings. The molecular formula is C26H24FNO4. The lowest BCUT2D eigenvalue weighted by Crippen LogP contribution is -2.36. The summed E-state index contributed by atoms with van der Waals surface area (Å²) < 4.78 is 36.5. The molecule has 1 saturated heterocycles. The van der Waals surface area contributed by atoms with Crippen LogP contribution < -0.4 is 14.4 Å². The summed E-state index contributed by atoms with van der Waals surface area (Å²) in [4.78, 5) is 2.26. The second kappa shape index (κ2) is 8.93. The molecule has 2 heterocycles. The maximum atomic E-state index is 13.3. The Labute approximate surface area is 185 Å². The van der Waals surface area contributed by atoms with Crippen LogP contribution in [0.2, 0.25) is 0 Å². The molecular weight excluding hydrogens is 409 g/mol.